The SMILES string of the molecule is CN(CC#N)c1ccc(-c2ccc(Br)cc2)nn1. The van der Waals surface area contributed by atoms with Crippen LogP contribution in [0, 0.1) is 11.3 Å². The minimum atomic E-state index is 0.298. The zero-order valence-corrected chi connectivity index (χ0v) is 11.4. The van der Waals surface area contributed by atoms with Gasteiger partial charge in [-0.25, -0.2) is 0 Å². The van der Waals surface area contributed by atoms with Crippen molar-refractivity contribution < 1.29 is 0 Å². The summed E-state index contributed by atoms with van der Waals surface area (Å²) in [6, 6.07) is 13.7. The van der Waals surface area contributed by atoms with E-state index < -0.39 is 0 Å². The van der Waals surface area contributed by atoms with Gasteiger partial charge in [0.1, 0.15) is 6.54 Å². The molecule has 0 saturated heterocycles. The molecule has 1 heterocycles. The summed E-state index contributed by atoms with van der Waals surface area (Å²) in [4.78, 5) is 1.75. The van der Waals surface area contributed by atoms with Crippen molar-refractivity contribution in [1.82, 2.24) is 10.2 Å². The maximum absolute atomic E-state index is 8.61. The van der Waals surface area contributed by atoms with Crippen molar-refractivity contribution in [3.05, 3.63) is 40.9 Å². The Balaban J connectivity index is 2.22. The molecule has 2 aromatic rings. The Bertz CT molecular complexity index is 557. The van der Waals surface area contributed by atoms with Gasteiger partial charge in [-0.3, -0.25) is 0 Å². The Morgan fingerprint density at radius 3 is 2.44 bits per heavy atom. The molecule has 4 nitrogen and oxygen atoms in total. The summed E-state index contributed by atoms with van der Waals surface area (Å²) < 4.78 is 1.03. The number of benzene rings is 1. The number of rotatable bonds is 3. The molecule has 0 aliphatic carbocycles. The van der Waals surface area contributed by atoms with Crippen LogP contribution in [0.5, 0.6) is 0 Å². The highest BCUT2D eigenvalue weighted by molar-refractivity contribution is 9.10. The van der Waals surface area contributed by atoms with Gasteiger partial charge < -0.3 is 4.90 Å². The van der Waals surface area contributed by atoms with Gasteiger partial charge in [-0.15, -0.1) is 10.2 Å². The molecule has 18 heavy (non-hydrogen) atoms. The van der Waals surface area contributed by atoms with Gasteiger partial charge in [0.25, 0.3) is 0 Å². The Labute approximate surface area is 114 Å². The molecule has 0 saturated carbocycles. The first-order chi connectivity index (χ1) is 8.70. The summed E-state index contributed by atoms with van der Waals surface area (Å²) in [5.74, 6) is 0.692. The Hall–Kier alpha value is -1.93. The van der Waals surface area contributed by atoms with Gasteiger partial charge in [0.15, 0.2) is 5.82 Å². The monoisotopic (exact) mass is 302 g/mol. The molecular weight excluding hydrogens is 292 g/mol. The number of anilines is 1. The normalized spacial score (nSPS) is 9.83. The third-order valence-electron chi connectivity index (χ3n) is 2.49. The average molecular weight is 303 g/mol. The first-order valence-corrected chi connectivity index (χ1v) is 6.18. The van der Waals surface area contributed by atoms with Crippen LogP contribution in [0.25, 0.3) is 11.3 Å². The van der Waals surface area contributed by atoms with Crippen molar-refractivity contribution in [2.75, 3.05) is 18.5 Å². The highest BCUT2D eigenvalue weighted by atomic mass is 79.9. The standard InChI is InChI=1S/C13H11BrN4/c1-18(9-8-15)13-7-6-12(16-17-13)10-2-4-11(14)5-3-10/h2-7H,9H2,1H3. The van der Waals surface area contributed by atoms with Crippen LogP contribution in [-0.2, 0) is 0 Å². The van der Waals surface area contributed by atoms with Crippen LogP contribution in [0.3, 0.4) is 0 Å². The minimum absolute atomic E-state index is 0.298. The zero-order valence-electron chi connectivity index (χ0n) is 9.84. The molecule has 0 spiro atoms. The first-order valence-electron chi connectivity index (χ1n) is 5.38. The molecule has 0 fully saturated rings. The third kappa shape index (κ3) is 2.84. The molecule has 90 valence electrons. The molecule has 0 aliphatic heterocycles. The molecule has 0 aliphatic rings. The number of nitrogens with zero attached hydrogens (tertiary/aromatic N) is 4. The fraction of sp³-hybridized carbons (Fsp3) is 0.154. The average Bonchev–Trinajstić information content (AvgIpc) is 2.40. The van der Waals surface area contributed by atoms with Crippen molar-refractivity contribution in [3.8, 4) is 17.3 Å². The van der Waals surface area contributed by atoms with E-state index in [-0.39, 0.29) is 0 Å². The van der Waals surface area contributed by atoms with Gasteiger partial charge in [-0.2, -0.15) is 5.26 Å². The number of nitriles is 1. The number of hydrogen-bond acceptors (Lipinski definition) is 4. The first kappa shape index (κ1) is 12.5. The quantitative estimate of drug-likeness (QED) is 0.818. The lowest BCUT2D eigenvalue weighted by Crippen LogP contribution is -2.18. The lowest BCUT2D eigenvalue weighted by atomic mass is 10.1. The summed E-state index contributed by atoms with van der Waals surface area (Å²) in [5, 5.41) is 16.9. The predicted octanol–water partition coefficient (Wildman–Crippen LogP) is 2.87. The van der Waals surface area contributed by atoms with E-state index in [0.717, 1.165) is 15.7 Å². The van der Waals surface area contributed by atoms with Gasteiger partial charge in [0, 0.05) is 17.1 Å². The summed E-state index contributed by atoms with van der Waals surface area (Å²) in [6.45, 7) is 0.298. The number of hydrogen-bond donors (Lipinski definition) is 0. The molecule has 0 unspecified atom stereocenters. The van der Waals surface area contributed by atoms with Crippen LogP contribution in [0.1, 0.15) is 0 Å². The van der Waals surface area contributed by atoms with Crippen molar-refractivity contribution in [2.45, 2.75) is 0 Å². The molecule has 1 aromatic carbocycles. The van der Waals surface area contributed by atoms with Crippen molar-refractivity contribution >= 4 is 21.7 Å². The molecule has 2 rings (SSSR count). The van der Waals surface area contributed by atoms with Gasteiger partial charge in [-0.1, -0.05) is 28.1 Å². The fourth-order valence-electron chi connectivity index (χ4n) is 1.49. The van der Waals surface area contributed by atoms with E-state index in [1.54, 1.807) is 4.90 Å². The van der Waals surface area contributed by atoms with Gasteiger partial charge in [0.05, 0.1) is 11.8 Å². The molecule has 5 heteroatoms. The van der Waals surface area contributed by atoms with Gasteiger partial charge >= 0.3 is 0 Å². The van der Waals surface area contributed by atoms with Crippen molar-refractivity contribution in [2.24, 2.45) is 0 Å². The molecular formula is C13H11BrN4. The maximum atomic E-state index is 8.61. The van der Waals surface area contributed by atoms with Crippen LogP contribution in [0.15, 0.2) is 40.9 Å². The van der Waals surface area contributed by atoms with Crippen LogP contribution in [0.4, 0.5) is 5.82 Å². The third-order valence-corrected chi connectivity index (χ3v) is 3.02. The van der Waals surface area contributed by atoms with E-state index in [1.165, 1.54) is 0 Å². The molecule has 0 bridgehead atoms. The Morgan fingerprint density at radius 2 is 1.89 bits per heavy atom. The van der Waals surface area contributed by atoms with Crippen LogP contribution in [0.2, 0.25) is 0 Å². The van der Waals surface area contributed by atoms with E-state index in [0.29, 0.717) is 12.4 Å². The zero-order chi connectivity index (χ0) is 13.0. The molecule has 1 aromatic heterocycles. The molecule has 0 amide bonds. The van der Waals surface area contributed by atoms with Gasteiger partial charge in [0.2, 0.25) is 0 Å². The fourth-order valence-corrected chi connectivity index (χ4v) is 1.75. The molecule has 0 radical (unpaired) electrons. The van der Waals surface area contributed by atoms with Crippen molar-refractivity contribution in [1.29, 1.82) is 5.26 Å². The minimum Gasteiger partial charge on any atom is -0.345 e. The lowest BCUT2D eigenvalue weighted by Gasteiger charge is -2.12. The topological polar surface area (TPSA) is 52.8 Å². The van der Waals surface area contributed by atoms with Crippen LogP contribution >= 0.6 is 15.9 Å². The van der Waals surface area contributed by atoms with Crippen LogP contribution in [-0.4, -0.2) is 23.8 Å². The number of aromatic nitrogens is 2. The molecule has 0 N–H and O–H groups in total. The maximum Gasteiger partial charge on any atom is 0.151 e. The number of halogens is 1. The predicted molar refractivity (Wildman–Crippen MR) is 74.1 cm³/mol. The largest absolute Gasteiger partial charge is 0.345 e. The van der Waals surface area contributed by atoms with E-state index in [2.05, 4.69) is 32.2 Å². The second kappa shape index (κ2) is 5.61. The summed E-state index contributed by atoms with van der Waals surface area (Å²) in [7, 11) is 1.81. The van der Waals surface area contributed by atoms with E-state index in [1.807, 2.05) is 43.4 Å². The highest BCUT2D eigenvalue weighted by Gasteiger charge is 2.04. The summed E-state index contributed by atoms with van der Waals surface area (Å²) in [5.41, 5.74) is 1.83. The Kier molecular flexibility index (Phi) is 3.90. The lowest BCUT2D eigenvalue weighted by molar-refractivity contribution is 0.934. The Morgan fingerprint density at radius 1 is 1.17 bits per heavy atom. The van der Waals surface area contributed by atoms with Crippen molar-refractivity contribution in [3.63, 3.8) is 0 Å². The van der Waals surface area contributed by atoms with E-state index >= 15 is 0 Å². The summed E-state index contributed by atoms with van der Waals surface area (Å²) in [6.07, 6.45) is 0. The van der Waals surface area contributed by atoms with E-state index in [9.17, 15) is 0 Å². The van der Waals surface area contributed by atoms with Gasteiger partial charge in [-0.05, 0) is 24.3 Å². The van der Waals surface area contributed by atoms with E-state index in [4.69, 9.17) is 5.26 Å². The summed E-state index contributed by atoms with van der Waals surface area (Å²) >= 11 is 3.39. The second-order valence-electron chi connectivity index (χ2n) is 3.80. The van der Waals surface area contributed by atoms with Crippen LogP contribution < -0.4 is 4.90 Å². The molecule has 0 atom stereocenters. The smallest absolute Gasteiger partial charge is 0.151 e. The second-order valence-corrected chi connectivity index (χ2v) is 4.71. The highest BCUT2D eigenvalue weighted by Crippen LogP contribution is 2.20.